The van der Waals surface area contributed by atoms with Crippen LogP contribution in [0.4, 0.5) is 0 Å². The quantitative estimate of drug-likeness (QED) is 0.264. The molecule has 0 amide bonds. The summed E-state index contributed by atoms with van der Waals surface area (Å²) in [7, 11) is 0. The molecule has 228 valence electrons. The van der Waals surface area contributed by atoms with E-state index >= 15 is 0 Å². The highest BCUT2D eigenvalue weighted by Crippen LogP contribution is 2.72. The predicted molar refractivity (Wildman–Crippen MR) is 156 cm³/mol. The van der Waals surface area contributed by atoms with Crippen LogP contribution in [0.25, 0.3) is 0 Å². The lowest BCUT2D eigenvalue weighted by molar-refractivity contribution is -0.168. The van der Waals surface area contributed by atoms with Gasteiger partial charge in [-0.1, -0.05) is 53.2 Å². The predicted octanol–water partition coefficient (Wildman–Crippen LogP) is 6.84. The Morgan fingerprint density at radius 3 is 2.24 bits per heavy atom. The minimum Gasteiger partial charge on any atom is -0.478 e. The maximum atomic E-state index is 14.2. The van der Waals surface area contributed by atoms with Crippen molar-refractivity contribution < 1.29 is 33.8 Å². The average Bonchev–Trinajstić information content (AvgIpc) is 3.14. The summed E-state index contributed by atoms with van der Waals surface area (Å²) in [5.74, 6) is -1.01. The molecule has 0 bridgehead atoms. The van der Waals surface area contributed by atoms with E-state index in [-0.39, 0.29) is 68.8 Å². The second-order valence-electron chi connectivity index (χ2n) is 14.7. The molecule has 0 aromatic rings. The van der Waals surface area contributed by atoms with Crippen LogP contribution in [0.3, 0.4) is 0 Å². The third-order valence-corrected chi connectivity index (χ3v) is 12.4. The third-order valence-electron chi connectivity index (χ3n) is 12.4. The maximum absolute atomic E-state index is 14.2. The number of carboxylic acid groups (broad SMARTS) is 1. The molecule has 2 saturated carbocycles. The molecule has 0 unspecified atom stereocenters. The number of hydrogen-bond donors (Lipinski definition) is 1. The highest BCUT2D eigenvalue weighted by atomic mass is 16.5. The Kier molecular flexibility index (Phi) is 8.20. The lowest BCUT2D eigenvalue weighted by atomic mass is 9.43. The largest absolute Gasteiger partial charge is 0.478 e. The normalized spacial score (nSPS) is 37.8. The molecular weight excluding hydrogens is 520 g/mol. The van der Waals surface area contributed by atoms with E-state index in [1.807, 2.05) is 0 Å². The molecule has 0 radical (unpaired) electrons. The van der Waals surface area contributed by atoms with Crippen LogP contribution in [0.1, 0.15) is 114 Å². The first kappa shape index (κ1) is 31.5. The zero-order chi connectivity index (χ0) is 30.7. The number of hydrogen-bond acceptors (Lipinski definition) is 6. The monoisotopic (exact) mass is 570 g/mol. The van der Waals surface area contributed by atoms with E-state index in [2.05, 4.69) is 41.5 Å². The summed E-state index contributed by atoms with van der Waals surface area (Å²) in [4.78, 5) is 49.6. The number of ether oxygens (including phenoxy) is 2. The van der Waals surface area contributed by atoms with Crippen LogP contribution in [0.2, 0.25) is 0 Å². The average molecular weight is 571 g/mol. The zero-order valence-corrected chi connectivity index (χ0v) is 26.5. The van der Waals surface area contributed by atoms with Crippen LogP contribution in [0.5, 0.6) is 0 Å². The van der Waals surface area contributed by atoms with Crippen molar-refractivity contribution >= 4 is 23.7 Å². The zero-order valence-electron chi connectivity index (χ0n) is 26.5. The number of esters is 2. The highest BCUT2D eigenvalue weighted by Gasteiger charge is 2.66. The van der Waals surface area contributed by atoms with Gasteiger partial charge in [-0.05, 0) is 74.0 Å². The van der Waals surface area contributed by atoms with Gasteiger partial charge in [0.15, 0.2) is 5.78 Å². The van der Waals surface area contributed by atoms with Crippen molar-refractivity contribution in [2.75, 3.05) is 0 Å². The van der Waals surface area contributed by atoms with Crippen LogP contribution < -0.4 is 0 Å². The van der Waals surface area contributed by atoms with E-state index in [0.29, 0.717) is 12.8 Å². The van der Waals surface area contributed by atoms with Crippen molar-refractivity contribution in [3.63, 3.8) is 0 Å². The van der Waals surface area contributed by atoms with Gasteiger partial charge in [0.05, 0.1) is 0 Å². The van der Waals surface area contributed by atoms with Crippen LogP contribution in [-0.2, 0) is 28.7 Å². The van der Waals surface area contributed by atoms with Gasteiger partial charge in [0.25, 0.3) is 0 Å². The standard InChI is InChI=1S/C34H50O7/c1-19(30(38)39)10-11-26(40-21(3)35)20(2)23-12-17-34(9)29-24(13-16-33(23,34)8)32(7)15-14-28(41-22(4)36)31(5,6)27(32)18-25(29)37/h10,20,23,26-28H,11-18H2,1-9H3,(H,38,39)/t20-,23+,26-,27-,28-,32+,33+,34-/m0/s1. The van der Waals surface area contributed by atoms with E-state index in [1.165, 1.54) is 19.4 Å². The SMILES string of the molecule is CC(=O)O[C@@H](CC=C(C)C(=O)O)[C@@H](C)[C@H]1CC[C@@]2(C)C3=C(CC[C@]12C)[C@@]1(C)CC[C@H](OC(C)=O)C(C)(C)[C@@H]1CC3=O. The number of carboxylic acids is 1. The van der Waals surface area contributed by atoms with Crippen molar-refractivity contribution in [3.8, 4) is 0 Å². The van der Waals surface area contributed by atoms with Gasteiger partial charge < -0.3 is 14.6 Å². The van der Waals surface area contributed by atoms with Gasteiger partial charge in [0, 0.05) is 48.7 Å². The molecule has 7 heteroatoms. The summed E-state index contributed by atoms with van der Waals surface area (Å²) in [5.41, 5.74) is 1.76. The molecule has 2 fully saturated rings. The fraction of sp³-hybridized carbons (Fsp3) is 0.765. The number of carbonyl (C=O) groups is 4. The third kappa shape index (κ3) is 4.99. The van der Waals surface area contributed by atoms with E-state index in [0.717, 1.165) is 44.1 Å². The Labute approximate surface area is 245 Å². The molecule has 4 aliphatic rings. The van der Waals surface area contributed by atoms with Gasteiger partial charge in [0.1, 0.15) is 12.2 Å². The summed E-state index contributed by atoms with van der Waals surface area (Å²) in [6, 6.07) is 0. The number of ketones is 1. The first-order chi connectivity index (χ1) is 18.9. The summed E-state index contributed by atoms with van der Waals surface area (Å²) < 4.78 is 11.6. The number of fused-ring (bicyclic) bond motifs is 4. The molecule has 8 atom stereocenters. The van der Waals surface area contributed by atoms with E-state index < -0.39 is 12.1 Å². The van der Waals surface area contributed by atoms with Gasteiger partial charge in [-0.3, -0.25) is 14.4 Å². The van der Waals surface area contributed by atoms with Gasteiger partial charge in [0.2, 0.25) is 0 Å². The summed E-state index contributed by atoms with van der Waals surface area (Å²) in [6.07, 6.45) is 7.23. The van der Waals surface area contributed by atoms with Crippen molar-refractivity contribution in [2.45, 2.75) is 126 Å². The van der Waals surface area contributed by atoms with E-state index in [9.17, 15) is 24.3 Å². The summed E-state index contributed by atoms with van der Waals surface area (Å²) in [5, 5.41) is 9.34. The van der Waals surface area contributed by atoms with Crippen molar-refractivity contribution in [1.29, 1.82) is 0 Å². The Morgan fingerprint density at radius 1 is 1.00 bits per heavy atom. The molecule has 0 heterocycles. The first-order valence-corrected chi connectivity index (χ1v) is 15.4. The second kappa shape index (κ2) is 10.7. The first-order valence-electron chi connectivity index (χ1n) is 15.4. The highest BCUT2D eigenvalue weighted by molar-refractivity contribution is 5.99. The summed E-state index contributed by atoms with van der Waals surface area (Å²) >= 11 is 0. The van der Waals surface area contributed by atoms with Crippen molar-refractivity contribution in [2.24, 2.45) is 39.4 Å². The fourth-order valence-electron chi connectivity index (χ4n) is 9.86. The molecule has 0 aromatic carbocycles. The second-order valence-corrected chi connectivity index (χ2v) is 14.7. The Balaban J connectivity index is 1.70. The molecule has 7 nitrogen and oxygen atoms in total. The molecule has 4 aliphatic carbocycles. The molecule has 0 saturated heterocycles. The molecule has 41 heavy (non-hydrogen) atoms. The fourth-order valence-corrected chi connectivity index (χ4v) is 9.86. The Hall–Kier alpha value is -2.44. The number of allylic oxidation sites excluding steroid dienone is 2. The number of carbonyl (C=O) groups excluding carboxylic acids is 3. The molecule has 4 rings (SSSR count). The molecule has 0 spiro atoms. The molecule has 0 aliphatic heterocycles. The smallest absolute Gasteiger partial charge is 0.330 e. The lowest BCUT2D eigenvalue weighted by Crippen LogP contribution is -2.57. The van der Waals surface area contributed by atoms with Crippen LogP contribution in [0, 0.1) is 39.4 Å². The molecular formula is C34H50O7. The van der Waals surface area contributed by atoms with Crippen molar-refractivity contribution in [3.05, 3.63) is 22.8 Å². The van der Waals surface area contributed by atoms with Gasteiger partial charge in [-0.2, -0.15) is 0 Å². The van der Waals surface area contributed by atoms with Crippen LogP contribution in [0.15, 0.2) is 22.8 Å². The van der Waals surface area contributed by atoms with Crippen LogP contribution >= 0.6 is 0 Å². The molecule has 1 N–H and O–H groups in total. The lowest BCUT2D eigenvalue weighted by Gasteiger charge is -2.61. The van der Waals surface area contributed by atoms with Gasteiger partial charge in [-0.15, -0.1) is 0 Å². The van der Waals surface area contributed by atoms with Gasteiger partial charge >= 0.3 is 17.9 Å². The topological polar surface area (TPSA) is 107 Å². The number of Topliss-reactive ketones (excluding diaryl/α,β-unsaturated/α-hetero) is 1. The Bertz CT molecular complexity index is 1190. The van der Waals surface area contributed by atoms with Crippen molar-refractivity contribution in [1.82, 2.24) is 0 Å². The van der Waals surface area contributed by atoms with E-state index in [4.69, 9.17) is 9.47 Å². The van der Waals surface area contributed by atoms with Crippen LogP contribution in [-0.4, -0.2) is 41.0 Å². The minimum atomic E-state index is -0.973. The number of rotatable bonds is 7. The maximum Gasteiger partial charge on any atom is 0.330 e. The Morgan fingerprint density at radius 2 is 1.66 bits per heavy atom. The van der Waals surface area contributed by atoms with Gasteiger partial charge in [-0.25, -0.2) is 4.79 Å². The minimum absolute atomic E-state index is 0.00542. The van der Waals surface area contributed by atoms with E-state index in [1.54, 1.807) is 13.0 Å². The number of aliphatic carboxylic acids is 1. The summed E-state index contributed by atoms with van der Waals surface area (Å²) in [6.45, 7) is 17.9. The molecule has 0 aromatic heterocycles.